The van der Waals surface area contributed by atoms with Crippen LogP contribution in [0.4, 0.5) is 0 Å². The van der Waals surface area contributed by atoms with Crippen LogP contribution in [-0.4, -0.2) is 36.8 Å². The van der Waals surface area contributed by atoms with Gasteiger partial charge in [-0.25, -0.2) is 0 Å². The zero-order chi connectivity index (χ0) is 12.7. The molecule has 0 amide bonds. The van der Waals surface area contributed by atoms with Gasteiger partial charge in [-0.1, -0.05) is 13.3 Å². The maximum Gasteiger partial charge on any atom is 0.166 e. The van der Waals surface area contributed by atoms with Crippen molar-refractivity contribution < 1.29 is 4.79 Å². The van der Waals surface area contributed by atoms with Crippen LogP contribution in [0.1, 0.15) is 47.9 Å². The van der Waals surface area contributed by atoms with Gasteiger partial charge in [-0.3, -0.25) is 4.79 Å². The highest BCUT2D eigenvalue weighted by atomic mass is 16.1. The standard InChI is InChI=1S/C14H24N2O/c1-4-5-7-12-10-13(15-14(12)11-17)8-6-9-16(2)3/h10-11,15H,4-9H2,1-3H3. The molecule has 0 saturated heterocycles. The van der Waals surface area contributed by atoms with Gasteiger partial charge in [0.05, 0.1) is 5.69 Å². The Morgan fingerprint density at radius 1 is 1.29 bits per heavy atom. The summed E-state index contributed by atoms with van der Waals surface area (Å²) in [5, 5.41) is 0. The van der Waals surface area contributed by atoms with Crippen LogP contribution >= 0.6 is 0 Å². The van der Waals surface area contributed by atoms with Gasteiger partial charge in [0.25, 0.3) is 0 Å². The molecule has 0 unspecified atom stereocenters. The van der Waals surface area contributed by atoms with E-state index in [-0.39, 0.29) is 0 Å². The van der Waals surface area contributed by atoms with E-state index in [4.69, 9.17) is 0 Å². The quantitative estimate of drug-likeness (QED) is 0.704. The Morgan fingerprint density at radius 3 is 2.65 bits per heavy atom. The predicted molar refractivity (Wildman–Crippen MR) is 71.7 cm³/mol. The Hall–Kier alpha value is -1.09. The number of carbonyl (C=O) groups is 1. The van der Waals surface area contributed by atoms with Crippen molar-refractivity contribution in [3.05, 3.63) is 23.0 Å². The number of aldehydes is 1. The molecule has 0 aliphatic carbocycles. The van der Waals surface area contributed by atoms with Crippen LogP contribution in [0.3, 0.4) is 0 Å². The van der Waals surface area contributed by atoms with Gasteiger partial charge in [0, 0.05) is 5.69 Å². The molecule has 0 spiro atoms. The third kappa shape index (κ3) is 4.73. The number of rotatable bonds is 8. The number of H-pyrrole nitrogens is 1. The van der Waals surface area contributed by atoms with Crippen molar-refractivity contribution in [2.45, 2.75) is 39.0 Å². The smallest absolute Gasteiger partial charge is 0.166 e. The van der Waals surface area contributed by atoms with E-state index in [2.05, 4.69) is 37.0 Å². The number of aromatic amines is 1. The van der Waals surface area contributed by atoms with Crippen LogP contribution in [0.5, 0.6) is 0 Å². The number of carbonyl (C=O) groups excluding carboxylic acids is 1. The summed E-state index contributed by atoms with van der Waals surface area (Å²) in [6.07, 6.45) is 6.41. The highest BCUT2D eigenvalue weighted by Gasteiger charge is 2.07. The normalized spacial score (nSPS) is 11.1. The van der Waals surface area contributed by atoms with Crippen molar-refractivity contribution in [1.29, 1.82) is 0 Å². The molecule has 0 saturated carbocycles. The third-order valence-electron chi connectivity index (χ3n) is 2.96. The van der Waals surface area contributed by atoms with Gasteiger partial charge >= 0.3 is 0 Å². The first kappa shape index (κ1) is 14.0. The van der Waals surface area contributed by atoms with E-state index >= 15 is 0 Å². The number of nitrogens with one attached hydrogen (secondary N) is 1. The number of hydrogen-bond acceptors (Lipinski definition) is 2. The summed E-state index contributed by atoms with van der Waals surface area (Å²) in [5.74, 6) is 0. The second-order valence-corrected chi connectivity index (χ2v) is 4.86. The molecule has 1 N–H and O–H groups in total. The topological polar surface area (TPSA) is 36.1 Å². The first-order valence-electron chi connectivity index (χ1n) is 6.48. The highest BCUT2D eigenvalue weighted by Crippen LogP contribution is 2.14. The third-order valence-corrected chi connectivity index (χ3v) is 2.96. The summed E-state index contributed by atoms with van der Waals surface area (Å²) in [5.41, 5.74) is 3.15. The molecular formula is C14H24N2O. The summed E-state index contributed by atoms with van der Waals surface area (Å²) in [7, 11) is 4.16. The average Bonchev–Trinajstić information content (AvgIpc) is 2.68. The largest absolute Gasteiger partial charge is 0.356 e. The fraction of sp³-hybridized carbons (Fsp3) is 0.643. The van der Waals surface area contributed by atoms with Crippen molar-refractivity contribution in [2.75, 3.05) is 20.6 Å². The second-order valence-electron chi connectivity index (χ2n) is 4.86. The Kier molecular flexibility index (Phi) is 5.98. The Bertz CT molecular complexity index is 342. The van der Waals surface area contributed by atoms with Gasteiger partial charge in [0.15, 0.2) is 6.29 Å². The molecule has 1 rings (SSSR count). The lowest BCUT2D eigenvalue weighted by Gasteiger charge is -2.07. The van der Waals surface area contributed by atoms with E-state index in [1.165, 1.54) is 17.7 Å². The number of nitrogens with zero attached hydrogens (tertiary/aromatic N) is 1. The molecular weight excluding hydrogens is 212 g/mol. The summed E-state index contributed by atoms with van der Waals surface area (Å²) >= 11 is 0. The Labute approximate surface area is 104 Å². The molecule has 1 heterocycles. The van der Waals surface area contributed by atoms with E-state index in [1.54, 1.807) is 0 Å². The van der Waals surface area contributed by atoms with Gasteiger partial charge in [-0.15, -0.1) is 0 Å². The molecule has 3 nitrogen and oxygen atoms in total. The van der Waals surface area contributed by atoms with Crippen molar-refractivity contribution >= 4 is 6.29 Å². The van der Waals surface area contributed by atoms with Crippen LogP contribution < -0.4 is 0 Å². The van der Waals surface area contributed by atoms with E-state index in [1.807, 2.05) is 0 Å². The summed E-state index contributed by atoms with van der Waals surface area (Å²) in [6.45, 7) is 3.25. The van der Waals surface area contributed by atoms with Gasteiger partial charge in [-0.05, 0) is 58.0 Å². The lowest BCUT2D eigenvalue weighted by atomic mass is 10.1. The molecule has 0 fully saturated rings. The van der Waals surface area contributed by atoms with Crippen LogP contribution in [0, 0.1) is 0 Å². The SMILES string of the molecule is CCCCc1cc(CCCN(C)C)[nH]c1C=O. The minimum atomic E-state index is 0.776. The highest BCUT2D eigenvalue weighted by molar-refractivity contribution is 5.74. The average molecular weight is 236 g/mol. The number of unbranched alkanes of at least 4 members (excludes halogenated alkanes) is 1. The molecule has 1 aromatic heterocycles. The maximum atomic E-state index is 10.9. The fourth-order valence-electron chi connectivity index (χ4n) is 1.98. The summed E-state index contributed by atoms with van der Waals surface area (Å²) in [4.78, 5) is 16.4. The van der Waals surface area contributed by atoms with Crippen molar-refractivity contribution in [3.8, 4) is 0 Å². The number of aryl methyl sites for hydroxylation is 2. The minimum Gasteiger partial charge on any atom is -0.356 e. The van der Waals surface area contributed by atoms with Gasteiger partial charge in [0.2, 0.25) is 0 Å². The molecule has 96 valence electrons. The van der Waals surface area contributed by atoms with E-state index in [0.717, 1.165) is 44.2 Å². The molecule has 3 heteroatoms. The van der Waals surface area contributed by atoms with Gasteiger partial charge < -0.3 is 9.88 Å². The molecule has 0 aliphatic rings. The van der Waals surface area contributed by atoms with Crippen molar-refractivity contribution in [1.82, 2.24) is 9.88 Å². The molecule has 0 bridgehead atoms. The predicted octanol–water partition coefficient (Wildman–Crippen LogP) is 2.66. The molecule has 1 aromatic rings. The zero-order valence-corrected chi connectivity index (χ0v) is 11.3. The zero-order valence-electron chi connectivity index (χ0n) is 11.3. The molecule has 0 atom stereocenters. The van der Waals surface area contributed by atoms with Crippen LogP contribution in [0.2, 0.25) is 0 Å². The Morgan fingerprint density at radius 2 is 2.06 bits per heavy atom. The van der Waals surface area contributed by atoms with Crippen LogP contribution in [-0.2, 0) is 12.8 Å². The first-order valence-corrected chi connectivity index (χ1v) is 6.48. The minimum absolute atomic E-state index is 0.776. The van der Waals surface area contributed by atoms with Crippen molar-refractivity contribution in [3.63, 3.8) is 0 Å². The first-order chi connectivity index (χ1) is 8.17. The van der Waals surface area contributed by atoms with Crippen LogP contribution in [0.25, 0.3) is 0 Å². The summed E-state index contributed by atoms with van der Waals surface area (Å²) in [6, 6.07) is 2.16. The Balaban J connectivity index is 2.55. The van der Waals surface area contributed by atoms with Gasteiger partial charge in [-0.2, -0.15) is 0 Å². The molecule has 0 aliphatic heterocycles. The van der Waals surface area contributed by atoms with Crippen LogP contribution in [0.15, 0.2) is 6.07 Å². The van der Waals surface area contributed by atoms with Crippen molar-refractivity contribution in [2.24, 2.45) is 0 Å². The lowest BCUT2D eigenvalue weighted by Crippen LogP contribution is -2.13. The van der Waals surface area contributed by atoms with Gasteiger partial charge in [0.1, 0.15) is 0 Å². The maximum absolute atomic E-state index is 10.9. The van der Waals surface area contributed by atoms with E-state index < -0.39 is 0 Å². The second kappa shape index (κ2) is 7.28. The monoisotopic (exact) mass is 236 g/mol. The molecule has 17 heavy (non-hydrogen) atoms. The molecule has 0 radical (unpaired) electrons. The van der Waals surface area contributed by atoms with E-state index in [9.17, 15) is 4.79 Å². The summed E-state index contributed by atoms with van der Waals surface area (Å²) < 4.78 is 0. The molecule has 0 aromatic carbocycles. The lowest BCUT2D eigenvalue weighted by molar-refractivity contribution is 0.111. The fourth-order valence-corrected chi connectivity index (χ4v) is 1.98. The number of aromatic nitrogens is 1. The van der Waals surface area contributed by atoms with E-state index in [0.29, 0.717) is 0 Å². The number of hydrogen-bond donors (Lipinski definition) is 1.